The number of hydrogen-bond acceptors (Lipinski definition) is 16. The molecule has 2 amide bonds. The smallest absolute Gasteiger partial charge is 0.444 e. The second-order valence-electron chi connectivity index (χ2n) is 22.4. The van der Waals surface area contributed by atoms with E-state index >= 15 is 0 Å². The number of benzene rings is 2. The van der Waals surface area contributed by atoms with Gasteiger partial charge in [0.15, 0.2) is 0 Å². The van der Waals surface area contributed by atoms with Gasteiger partial charge >= 0.3 is 13.2 Å². The first kappa shape index (κ1) is 63.8. The van der Waals surface area contributed by atoms with Crippen molar-refractivity contribution < 1.29 is 38.6 Å². The lowest BCUT2D eigenvalue weighted by molar-refractivity contribution is -0.118. The van der Waals surface area contributed by atoms with Gasteiger partial charge in [0, 0.05) is 135 Å². The molecule has 0 bridgehead atoms. The summed E-state index contributed by atoms with van der Waals surface area (Å²) in [6, 6.07) is 22.0. The van der Waals surface area contributed by atoms with Gasteiger partial charge in [-0.25, -0.2) is 9.78 Å². The number of ether oxygens (including phenoxy) is 3. The maximum Gasteiger partial charge on any atom is 0.490 e. The number of thiazole rings is 1. The van der Waals surface area contributed by atoms with Crippen LogP contribution in [0.1, 0.15) is 125 Å². The Bertz CT molecular complexity index is 3450. The first-order valence-corrected chi connectivity index (χ1v) is 32.5. The number of halogens is 1. The van der Waals surface area contributed by atoms with Crippen molar-refractivity contribution in [1.29, 1.82) is 0 Å². The lowest BCUT2D eigenvalue weighted by Gasteiger charge is -2.39. The Morgan fingerprint density at radius 3 is 2.24 bits per heavy atom. The number of rotatable bonds is 19. The number of ketones is 1. The van der Waals surface area contributed by atoms with Crippen molar-refractivity contribution in [3.05, 3.63) is 122 Å². The van der Waals surface area contributed by atoms with Gasteiger partial charge in [-0.15, -0.1) is 45.3 Å². The van der Waals surface area contributed by atoms with E-state index in [-0.39, 0.29) is 24.1 Å². The molecule has 4 unspecified atom stereocenters. The molecule has 20 heteroatoms. The van der Waals surface area contributed by atoms with Gasteiger partial charge in [-0.1, -0.05) is 60.5 Å². The molecular formula is C63H76BBrN6O8S4. The van der Waals surface area contributed by atoms with E-state index in [2.05, 4.69) is 99.8 Å². The highest BCUT2D eigenvalue weighted by molar-refractivity contribution is 9.10. The quantitative estimate of drug-likeness (QED) is 0.0444. The zero-order valence-electron chi connectivity index (χ0n) is 48.9. The summed E-state index contributed by atoms with van der Waals surface area (Å²) >= 11 is 10.5. The molecule has 0 spiro atoms. The Kier molecular flexibility index (Phi) is 22.8. The molecule has 10 rings (SSSR count). The molecule has 83 heavy (non-hydrogen) atoms. The second-order valence-corrected chi connectivity index (χ2v) is 27.6. The summed E-state index contributed by atoms with van der Waals surface area (Å²) in [7, 11) is 1.99. The zero-order chi connectivity index (χ0) is 59.4. The predicted molar refractivity (Wildman–Crippen MR) is 346 cm³/mol. The summed E-state index contributed by atoms with van der Waals surface area (Å²) in [6.07, 6.45) is 13.9. The minimum absolute atomic E-state index is 0.0386. The van der Waals surface area contributed by atoms with Crippen molar-refractivity contribution in [2.45, 2.75) is 130 Å². The summed E-state index contributed by atoms with van der Waals surface area (Å²) in [4.78, 5) is 58.9. The Morgan fingerprint density at radius 2 is 1.54 bits per heavy atom. The number of Topliss-reactive ketones (excluding diaryl/α,β-unsaturated/α-hetero) is 1. The maximum atomic E-state index is 13.1. The van der Waals surface area contributed by atoms with Gasteiger partial charge in [-0.2, -0.15) is 0 Å². The van der Waals surface area contributed by atoms with Gasteiger partial charge in [-0.3, -0.25) is 24.5 Å². The van der Waals surface area contributed by atoms with Crippen LogP contribution in [0.15, 0.2) is 96.0 Å². The van der Waals surface area contributed by atoms with Gasteiger partial charge in [0.2, 0.25) is 5.91 Å². The number of nitrogens with one attached hydrogen (secondary N) is 2. The number of hydrogen-bond donors (Lipinski definition) is 4. The van der Waals surface area contributed by atoms with Crippen molar-refractivity contribution in [3.8, 4) is 32.1 Å². The lowest BCUT2D eigenvalue weighted by Crippen LogP contribution is -2.46. The van der Waals surface area contributed by atoms with E-state index in [1.165, 1.54) is 53.8 Å². The molecule has 6 aromatic heterocycles. The fraction of sp³-hybridized carbons (Fsp3) is 0.429. The van der Waals surface area contributed by atoms with E-state index in [4.69, 9.17) is 29.2 Å². The topological polar surface area (TPSA) is 185 Å². The third-order valence-electron chi connectivity index (χ3n) is 14.5. The molecule has 2 aromatic carbocycles. The van der Waals surface area contributed by atoms with Crippen LogP contribution < -0.4 is 16.1 Å². The van der Waals surface area contributed by atoms with Gasteiger partial charge in [0.05, 0.1) is 22.9 Å². The molecular weight excluding hydrogens is 1190 g/mol. The molecule has 0 fully saturated rings. The monoisotopic (exact) mass is 1260 g/mol. The van der Waals surface area contributed by atoms with Gasteiger partial charge in [-0.05, 0) is 143 Å². The van der Waals surface area contributed by atoms with E-state index in [9.17, 15) is 14.4 Å². The fourth-order valence-corrected chi connectivity index (χ4v) is 16.4. The van der Waals surface area contributed by atoms with Crippen molar-refractivity contribution in [1.82, 2.24) is 25.2 Å². The van der Waals surface area contributed by atoms with E-state index in [1.807, 2.05) is 62.3 Å². The van der Waals surface area contributed by atoms with Crippen molar-refractivity contribution in [2.24, 2.45) is 5.92 Å². The number of carbonyl (C=O) groups excluding carboxylic acids is 3. The van der Waals surface area contributed by atoms with Crippen LogP contribution >= 0.6 is 61.3 Å². The summed E-state index contributed by atoms with van der Waals surface area (Å²) in [5.74, 6) is 1.49. The molecule has 4 N–H and O–H groups in total. The number of anilines is 1. The molecule has 1 aliphatic heterocycles. The Balaban J connectivity index is 0.000000188. The standard InChI is InChI=1S/C30H34N2O2S2.C28H36BrN3O4S2.C5H6BNO2/c1-19-14-20(2)29-24(15-19)28(27(35-29)17-23(33)9-5-4-6-13-34-3)30-32-25-11-10-21(16-26(25)36-30)22-8-7-12-31-18-22;1-16-13-20-24(22-14-18-7-8-19(29)15-21(18)37-22)26(31-23(33)9-10-30-11-12-35-6)38-25(20)17(2)32(16)27(34)36-28(3,4)5;8-6(9)5-2-1-3-7-4-5/h7-8,10-12,16,18-20H,4-6,9,13-15,17H2,1-3H3;7-8,14-17,30H,9-13H2,1-6H3,(H,31,33);1-4,8-9H. The molecule has 4 atom stereocenters. The Labute approximate surface area is 512 Å². The summed E-state index contributed by atoms with van der Waals surface area (Å²) in [6.45, 7) is 17.1. The van der Waals surface area contributed by atoms with E-state index < -0.39 is 12.7 Å². The van der Waals surface area contributed by atoms with Crippen molar-refractivity contribution in [3.63, 3.8) is 0 Å². The minimum atomic E-state index is -1.40. The number of carbonyl (C=O) groups is 3. The third-order valence-corrected chi connectivity index (χ3v) is 19.9. The molecule has 14 nitrogen and oxygen atoms in total. The Hall–Kier alpha value is -5.26. The van der Waals surface area contributed by atoms with Crippen molar-refractivity contribution >= 4 is 117 Å². The van der Waals surface area contributed by atoms with Crippen LogP contribution in [0.2, 0.25) is 0 Å². The third kappa shape index (κ3) is 16.8. The number of fused-ring (bicyclic) bond motifs is 4. The van der Waals surface area contributed by atoms with E-state index in [0.29, 0.717) is 68.5 Å². The summed E-state index contributed by atoms with van der Waals surface area (Å²) in [5, 5.41) is 26.6. The van der Waals surface area contributed by atoms with Crippen LogP contribution in [-0.2, 0) is 43.1 Å². The number of amides is 2. The number of pyridine rings is 2. The second kappa shape index (κ2) is 29.7. The first-order valence-electron chi connectivity index (χ1n) is 28.4. The first-order chi connectivity index (χ1) is 39.8. The van der Waals surface area contributed by atoms with Gasteiger partial charge in [0.1, 0.15) is 21.4 Å². The number of nitrogens with zero attached hydrogens (tertiary/aromatic N) is 4. The summed E-state index contributed by atoms with van der Waals surface area (Å²) < 4.78 is 19.3. The van der Waals surface area contributed by atoms with Gasteiger partial charge in [0.25, 0.3) is 0 Å². The number of aromatic nitrogens is 3. The van der Waals surface area contributed by atoms with Crippen LogP contribution in [0, 0.1) is 5.92 Å². The highest BCUT2D eigenvalue weighted by atomic mass is 79.9. The highest BCUT2D eigenvalue weighted by Gasteiger charge is 2.40. The summed E-state index contributed by atoms with van der Waals surface area (Å²) in [5.41, 5.74) is 8.11. The van der Waals surface area contributed by atoms with Crippen LogP contribution in [-0.4, -0.2) is 107 Å². The molecule has 0 radical (unpaired) electrons. The fourth-order valence-electron chi connectivity index (χ4n) is 10.7. The van der Waals surface area contributed by atoms with Crippen LogP contribution in [0.5, 0.6) is 0 Å². The largest absolute Gasteiger partial charge is 0.490 e. The number of methoxy groups -OCH3 is 2. The van der Waals surface area contributed by atoms with Crippen LogP contribution in [0.3, 0.4) is 0 Å². The predicted octanol–water partition coefficient (Wildman–Crippen LogP) is 14.1. The normalized spacial score (nSPS) is 16.6. The zero-order valence-corrected chi connectivity index (χ0v) is 53.7. The van der Waals surface area contributed by atoms with Crippen LogP contribution in [0.4, 0.5) is 9.80 Å². The molecule has 0 saturated carbocycles. The molecule has 0 saturated heterocycles. The van der Waals surface area contributed by atoms with Crippen LogP contribution in [0.25, 0.3) is 52.4 Å². The molecule has 2 aliphatic rings. The Morgan fingerprint density at radius 1 is 0.783 bits per heavy atom. The number of unbranched alkanes of at least 4 members (excludes halogenated alkanes) is 2. The molecule has 7 heterocycles. The molecule has 8 aromatic rings. The highest BCUT2D eigenvalue weighted by Crippen LogP contribution is 2.52. The SMILES string of the molecule is COCCCCCC(=O)Cc1sc2c(c1-c1nc3ccc(-c4cccnc4)cc3s1)CC(C)CC2C.COCCNCCC(=O)Nc1sc2c(c1-c1cc3ccc(Br)cc3s1)CC(C)N(C(=O)OC(C)(C)C)C2C.OB(O)c1cccnc1. The number of thiophene rings is 3. The molecule has 1 aliphatic carbocycles. The average Bonchev–Trinajstić information content (AvgIpc) is 2.98. The van der Waals surface area contributed by atoms with E-state index in [0.717, 1.165) is 78.7 Å². The van der Waals surface area contributed by atoms with Crippen molar-refractivity contribution in [2.75, 3.05) is 45.8 Å². The minimum Gasteiger partial charge on any atom is -0.444 e. The van der Waals surface area contributed by atoms with Gasteiger partial charge < -0.3 is 34.9 Å². The maximum absolute atomic E-state index is 13.1. The lowest BCUT2D eigenvalue weighted by atomic mass is 9.81. The van der Waals surface area contributed by atoms with E-state index in [1.54, 1.807) is 72.8 Å². The average molecular weight is 1260 g/mol. The molecule has 440 valence electrons.